The maximum atomic E-state index is 12.9. The monoisotopic (exact) mass is 589 g/mol. The van der Waals surface area contributed by atoms with Gasteiger partial charge in [-0.2, -0.15) is 0 Å². The Morgan fingerprint density at radius 1 is 0.974 bits per heavy atom. The molecule has 0 spiro atoms. The van der Waals surface area contributed by atoms with Crippen molar-refractivity contribution in [1.29, 1.82) is 0 Å². The van der Waals surface area contributed by atoms with Crippen LogP contribution in [0.25, 0.3) is 17.2 Å². The highest BCUT2D eigenvalue weighted by atomic mass is 79.9. The number of carbonyl (C=O) groups is 1. The van der Waals surface area contributed by atoms with Crippen molar-refractivity contribution in [2.24, 2.45) is 0 Å². The molecule has 0 radical (unpaired) electrons. The normalized spacial score (nSPS) is 17.5. The Morgan fingerprint density at radius 3 is 2.15 bits per heavy atom. The second-order valence-electron chi connectivity index (χ2n) is 10.9. The SMILES string of the molecule is COc1cc(C=C(CNC(=O)OCC2c3ccccc3-c3ccccc32)B2OC(C)(C)C(C)(C)O2)ccc1Br. The van der Waals surface area contributed by atoms with E-state index in [2.05, 4.69) is 45.5 Å². The molecule has 1 saturated heterocycles. The lowest BCUT2D eigenvalue weighted by molar-refractivity contribution is 0.00578. The summed E-state index contributed by atoms with van der Waals surface area (Å²) in [5.41, 5.74) is 5.37. The quantitative estimate of drug-likeness (QED) is 0.300. The van der Waals surface area contributed by atoms with Gasteiger partial charge in [0, 0.05) is 12.5 Å². The number of rotatable bonds is 7. The number of benzene rings is 3. The van der Waals surface area contributed by atoms with Crippen LogP contribution in [0.5, 0.6) is 5.75 Å². The van der Waals surface area contributed by atoms with E-state index >= 15 is 0 Å². The second kappa shape index (κ2) is 10.8. The molecule has 1 amide bonds. The summed E-state index contributed by atoms with van der Waals surface area (Å²) in [4.78, 5) is 12.9. The highest BCUT2D eigenvalue weighted by molar-refractivity contribution is 9.10. The van der Waals surface area contributed by atoms with Crippen LogP contribution in [0.3, 0.4) is 0 Å². The highest BCUT2D eigenvalue weighted by Gasteiger charge is 2.52. The molecule has 6 nitrogen and oxygen atoms in total. The number of hydrogen-bond acceptors (Lipinski definition) is 5. The number of alkyl carbamates (subject to hydrolysis) is 1. The van der Waals surface area contributed by atoms with Gasteiger partial charge in [-0.3, -0.25) is 0 Å². The molecule has 1 fully saturated rings. The van der Waals surface area contributed by atoms with E-state index in [0.29, 0.717) is 5.75 Å². The molecule has 5 rings (SSSR count). The Kier molecular flexibility index (Phi) is 7.64. The number of amides is 1. The van der Waals surface area contributed by atoms with E-state index < -0.39 is 24.4 Å². The lowest BCUT2D eigenvalue weighted by Crippen LogP contribution is -2.41. The molecule has 1 heterocycles. The molecule has 0 bridgehead atoms. The topological polar surface area (TPSA) is 66.0 Å². The summed E-state index contributed by atoms with van der Waals surface area (Å²) in [7, 11) is 1.00. The van der Waals surface area contributed by atoms with Gasteiger partial charge < -0.3 is 24.1 Å². The van der Waals surface area contributed by atoms with Gasteiger partial charge in [0.15, 0.2) is 0 Å². The molecule has 0 saturated carbocycles. The van der Waals surface area contributed by atoms with Gasteiger partial charge in [-0.05, 0) is 89.0 Å². The summed E-state index contributed by atoms with van der Waals surface area (Å²) in [6.07, 6.45) is 1.47. The van der Waals surface area contributed by atoms with Crippen LogP contribution >= 0.6 is 15.9 Å². The summed E-state index contributed by atoms with van der Waals surface area (Å²) in [5, 5.41) is 2.92. The summed E-state index contributed by atoms with van der Waals surface area (Å²) < 4.78 is 24.7. The van der Waals surface area contributed by atoms with E-state index in [1.807, 2.05) is 76.2 Å². The maximum absolute atomic E-state index is 12.9. The number of hydrogen-bond donors (Lipinski definition) is 1. The fourth-order valence-corrected chi connectivity index (χ4v) is 5.41. The summed E-state index contributed by atoms with van der Waals surface area (Å²) in [6, 6.07) is 22.4. The van der Waals surface area contributed by atoms with Gasteiger partial charge in [-0.1, -0.05) is 60.7 Å². The van der Waals surface area contributed by atoms with Crippen molar-refractivity contribution in [3.8, 4) is 16.9 Å². The zero-order valence-electron chi connectivity index (χ0n) is 22.9. The number of fused-ring (bicyclic) bond motifs is 3. The first-order valence-corrected chi connectivity index (χ1v) is 13.9. The molecule has 39 heavy (non-hydrogen) atoms. The molecule has 1 N–H and O–H groups in total. The smallest absolute Gasteiger partial charge is 0.492 e. The predicted molar refractivity (Wildman–Crippen MR) is 158 cm³/mol. The lowest BCUT2D eigenvalue weighted by Gasteiger charge is -2.32. The minimum absolute atomic E-state index is 0.00325. The molecule has 0 unspecified atom stereocenters. The number of methoxy groups -OCH3 is 1. The fraction of sp³-hybridized carbons (Fsp3) is 0.323. The van der Waals surface area contributed by atoms with Gasteiger partial charge >= 0.3 is 13.2 Å². The van der Waals surface area contributed by atoms with Crippen molar-refractivity contribution < 1.29 is 23.6 Å². The van der Waals surface area contributed by atoms with E-state index in [0.717, 1.165) is 15.5 Å². The number of ether oxygens (including phenoxy) is 2. The largest absolute Gasteiger partial charge is 0.496 e. The molecule has 202 valence electrons. The average Bonchev–Trinajstić information content (AvgIpc) is 3.35. The third-order valence-corrected chi connectivity index (χ3v) is 8.52. The second-order valence-corrected chi connectivity index (χ2v) is 11.7. The molecular formula is C31H33BBrNO5. The minimum Gasteiger partial charge on any atom is -0.496 e. The van der Waals surface area contributed by atoms with Crippen LogP contribution in [-0.4, -0.2) is 44.7 Å². The zero-order chi connectivity index (χ0) is 27.8. The Bertz CT molecular complexity index is 1360. The van der Waals surface area contributed by atoms with Crippen molar-refractivity contribution in [3.05, 3.63) is 93.4 Å². The van der Waals surface area contributed by atoms with Crippen molar-refractivity contribution in [1.82, 2.24) is 5.32 Å². The summed E-state index contributed by atoms with van der Waals surface area (Å²) in [5.74, 6) is 0.706. The van der Waals surface area contributed by atoms with Crippen LogP contribution in [0.15, 0.2) is 76.7 Å². The van der Waals surface area contributed by atoms with Crippen LogP contribution in [0, 0.1) is 0 Å². The number of halogens is 1. The first-order valence-electron chi connectivity index (χ1n) is 13.1. The van der Waals surface area contributed by atoms with Gasteiger partial charge in [0.2, 0.25) is 0 Å². The molecule has 0 atom stereocenters. The third-order valence-electron chi connectivity index (χ3n) is 7.86. The average molecular weight is 590 g/mol. The summed E-state index contributed by atoms with van der Waals surface area (Å²) in [6.45, 7) is 8.47. The molecule has 1 aliphatic carbocycles. The Hall–Kier alpha value is -3.07. The molecule has 8 heteroatoms. The van der Waals surface area contributed by atoms with E-state index in [4.69, 9.17) is 18.8 Å². The summed E-state index contributed by atoms with van der Waals surface area (Å²) >= 11 is 3.50. The molecule has 1 aliphatic heterocycles. The Labute approximate surface area is 239 Å². The third kappa shape index (κ3) is 5.51. The first-order chi connectivity index (χ1) is 18.6. The van der Waals surface area contributed by atoms with Crippen molar-refractivity contribution >= 4 is 35.2 Å². The van der Waals surface area contributed by atoms with Gasteiger partial charge in [-0.25, -0.2) is 4.79 Å². The number of carbonyl (C=O) groups excluding carboxylic acids is 1. The maximum Gasteiger partial charge on any atom is 0.492 e. The standard InChI is InChI=1S/C31H33BBrNO5/c1-30(2)31(3,4)39-32(38-30)21(16-20-14-15-27(33)28(17-20)36-5)18-34-29(35)37-19-26-24-12-8-6-10-22(24)23-11-7-9-13-25(23)26/h6-17,26H,18-19H2,1-5H3,(H,34,35). The van der Waals surface area contributed by atoms with Gasteiger partial charge in [0.1, 0.15) is 12.4 Å². The van der Waals surface area contributed by atoms with Crippen LogP contribution < -0.4 is 10.1 Å². The highest BCUT2D eigenvalue weighted by Crippen LogP contribution is 2.44. The molecule has 0 aromatic heterocycles. The van der Waals surface area contributed by atoms with Crippen LogP contribution in [0.2, 0.25) is 0 Å². The molecule has 3 aromatic rings. The van der Waals surface area contributed by atoms with Crippen molar-refractivity contribution in [2.45, 2.75) is 44.8 Å². The first kappa shape index (κ1) is 27.5. The van der Waals surface area contributed by atoms with E-state index in [-0.39, 0.29) is 19.1 Å². The molecule has 2 aliphatic rings. The molecular weight excluding hydrogens is 557 g/mol. The van der Waals surface area contributed by atoms with Crippen LogP contribution in [0.4, 0.5) is 4.79 Å². The lowest BCUT2D eigenvalue weighted by atomic mass is 9.77. The zero-order valence-corrected chi connectivity index (χ0v) is 24.5. The van der Waals surface area contributed by atoms with E-state index in [9.17, 15) is 4.79 Å². The van der Waals surface area contributed by atoms with E-state index in [1.54, 1.807) is 7.11 Å². The van der Waals surface area contributed by atoms with Crippen molar-refractivity contribution in [3.63, 3.8) is 0 Å². The van der Waals surface area contributed by atoms with Gasteiger partial charge in [-0.15, -0.1) is 0 Å². The van der Waals surface area contributed by atoms with Crippen LogP contribution in [0.1, 0.15) is 50.3 Å². The predicted octanol–water partition coefficient (Wildman–Crippen LogP) is 7.01. The Morgan fingerprint density at radius 2 is 1.56 bits per heavy atom. The van der Waals surface area contributed by atoms with Gasteiger partial charge in [0.05, 0.1) is 22.8 Å². The van der Waals surface area contributed by atoms with Crippen LogP contribution in [-0.2, 0) is 14.0 Å². The number of nitrogens with one attached hydrogen (secondary N) is 1. The van der Waals surface area contributed by atoms with Crippen molar-refractivity contribution in [2.75, 3.05) is 20.3 Å². The van der Waals surface area contributed by atoms with Gasteiger partial charge in [0.25, 0.3) is 0 Å². The molecule has 3 aromatic carbocycles. The van der Waals surface area contributed by atoms with E-state index in [1.165, 1.54) is 22.3 Å². The minimum atomic E-state index is -0.626. The Balaban J connectivity index is 1.31. The fourth-order valence-electron chi connectivity index (χ4n) is 5.00.